The fraction of sp³-hybridized carbons (Fsp3) is 0.414. The maximum Gasteiger partial charge on any atom is 0.160 e. The van der Waals surface area contributed by atoms with Crippen LogP contribution in [-0.2, 0) is 4.74 Å². The number of rotatable bonds is 6. The molecule has 9 heteroatoms. The molecule has 1 atom stereocenters. The summed E-state index contributed by atoms with van der Waals surface area (Å²) in [6, 6.07) is 15.4. The standard InChI is InChI=1S/C29H36N8O/c1-20(2)37-29-22(17-32-37)7-10-27(34-29)33-28-16-26(36-11-3-4-23(30)19-36)25(18-31-28)21-5-8-24(9-6-21)35-12-14-38-15-13-35/h5-10,16-18,20,23H,3-4,11-15,19,30H2,1-2H3,(H,31,33,34)/t23-/m0/s1. The van der Waals surface area contributed by atoms with Crippen molar-refractivity contribution in [2.75, 3.05) is 54.5 Å². The molecule has 4 aromatic rings. The molecule has 6 rings (SSSR count). The van der Waals surface area contributed by atoms with E-state index < -0.39 is 0 Å². The molecule has 0 radical (unpaired) electrons. The van der Waals surface area contributed by atoms with E-state index in [1.54, 1.807) is 0 Å². The lowest BCUT2D eigenvalue weighted by atomic mass is 10.0. The van der Waals surface area contributed by atoms with Gasteiger partial charge < -0.3 is 25.6 Å². The Kier molecular flexibility index (Phi) is 6.86. The number of hydrogen-bond donors (Lipinski definition) is 2. The topological polar surface area (TPSA) is 97.4 Å². The van der Waals surface area contributed by atoms with Crippen LogP contribution < -0.4 is 20.9 Å². The van der Waals surface area contributed by atoms with Gasteiger partial charge in [0.15, 0.2) is 5.65 Å². The summed E-state index contributed by atoms with van der Waals surface area (Å²) in [5, 5.41) is 8.95. The molecule has 0 amide bonds. The number of nitrogens with one attached hydrogen (secondary N) is 1. The quantitative estimate of drug-likeness (QED) is 0.387. The van der Waals surface area contributed by atoms with E-state index in [-0.39, 0.29) is 12.1 Å². The Morgan fingerprint density at radius 3 is 2.55 bits per heavy atom. The number of nitrogens with zero attached hydrogens (tertiary/aromatic N) is 6. The van der Waals surface area contributed by atoms with Crippen LogP contribution >= 0.6 is 0 Å². The van der Waals surface area contributed by atoms with Crippen molar-refractivity contribution < 1.29 is 4.74 Å². The molecule has 3 N–H and O–H groups in total. The number of anilines is 4. The summed E-state index contributed by atoms with van der Waals surface area (Å²) >= 11 is 0. The van der Waals surface area contributed by atoms with Crippen molar-refractivity contribution in [3.05, 3.63) is 54.9 Å². The first-order valence-corrected chi connectivity index (χ1v) is 13.6. The first-order chi connectivity index (χ1) is 18.5. The lowest BCUT2D eigenvalue weighted by Gasteiger charge is -2.34. The summed E-state index contributed by atoms with van der Waals surface area (Å²) in [5.74, 6) is 1.51. The summed E-state index contributed by atoms with van der Waals surface area (Å²) in [7, 11) is 0. The molecule has 0 spiro atoms. The van der Waals surface area contributed by atoms with Gasteiger partial charge in [0.05, 0.1) is 19.4 Å². The second-order valence-corrected chi connectivity index (χ2v) is 10.5. The highest BCUT2D eigenvalue weighted by Crippen LogP contribution is 2.35. The van der Waals surface area contributed by atoms with Crippen molar-refractivity contribution in [2.45, 2.75) is 38.8 Å². The van der Waals surface area contributed by atoms with E-state index in [1.165, 1.54) is 5.69 Å². The molecule has 0 bridgehead atoms. The van der Waals surface area contributed by atoms with Crippen LogP contribution in [0.3, 0.4) is 0 Å². The molecule has 0 aliphatic carbocycles. The van der Waals surface area contributed by atoms with Crippen molar-refractivity contribution in [2.24, 2.45) is 5.73 Å². The molecule has 198 valence electrons. The lowest BCUT2D eigenvalue weighted by molar-refractivity contribution is 0.122. The van der Waals surface area contributed by atoms with Gasteiger partial charge in [0.2, 0.25) is 0 Å². The summed E-state index contributed by atoms with van der Waals surface area (Å²) in [5.41, 5.74) is 11.9. The third-order valence-electron chi connectivity index (χ3n) is 7.42. The van der Waals surface area contributed by atoms with E-state index >= 15 is 0 Å². The minimum Gasteiger partial charge on any atom is -0.378 e. The number of aromatic nitrogens is 4. The maximum atomic E-state index is 6.39. The number of pyridine rings is 2. The zero-order valence-corrected chi connectivity index (χ0v) is 22.2. The van der Waals surface area contributed by atoms with Crippen LogP contribution in [0.2, 0.25) is 0 Å². The Morgan fingerprint density at radius 1 is 0.974 bits per heavy atom. The van der Waals surface area contributed by atoms with Gasteiger partial charge in [-0.15, -0.1) is 0 Å². The summed E-state index contributed by atoms with van der Waals surface area (Å²) in [6.45, 7) is 9.44. The fourth-order valence-corrected chi connectivity index (χ4v) is 5.40. The van der Waals surface area contributed by atoms with Gasteiger partial charge >= 0.3 is 0 Å². The number of nitrogens with two attached hydrogens (primary N) is 1. The number of morpholine rings is 1. The number of piperidine rings is 1. The Hall–Kier alpha value is -3.69. The summed E-state index contributed by atoms with van der Waals surface area (Å²) in [6.07, 6.45) is 5.97. The normalized spacial score (nSPS) is 18.4. The van der Waals surface area contributed by atoms with Crippen molar-refractivity contribution in [3.8, 4) is 11.1 Å². The first-order valence-electron chi connectivity index (χ1n) is 13.6. The van der Waals surface area contributed by atoms with Crippen LogP contribution in [-0.4, -0.2) is 65.2 Å². The summed E-state index contributed by atoms with van der Waals surface area (Å²) in [4.78, 5) is 14.4. The smallest absolute Gasteiger partial charge is 0.160 e. The van der Waals surface area contributed by atoms with Gasteiger partial charge in [-0.1, -0.05) is 12.1 Å². The molecular weight excluding hydrogens is 476 g/mol. The van der Waals surface area contributed by atoms with Gasteiger partial charge in [-0.2, -0.15) is 5.10 Å². The van der Waals surface area contributed by atoms with Crippen molar-refractivity contribution in [1.82, 2.24) is 19.7 Å². The number of ether oxygens (including phenoxy) is 1. The lowest BCUT2D eigenvalue weighted by Crippen LogP contribution is -2.43. The zero-order chi connectivity index (χ0) is 26.1. The van der Waals surface area contributed by atoms with Crippen LogP contribution in [0.25, 0.3) is 22.2 Å². The first kappa shape index (κ1) is 24.6. The van der Waals surface area contributed by atoms with Gasteiger partial charge in [0.1, 0.15) is 11.6 Å². The third-order valence-corrected chi connectivity index (χ3v) is 7.42. The average molecular weight is 513 g/mol. The van der Waals surface area contributed by atoms with E-state index in [0.717, 1.165) is 91.7 Å². The van der Waals surface area contributed by atoms with Crippen molar-refractivity contribution in [1.29, 1.82) is 0 Å². The molecule has 2 saturated heterocycles. The van der Waals surface area contributed by atoms with E-state index in [4.69, 9.17) is 20.4 Å². The van der Waals surface area contributed by atoms with Crippen LogP contribution in [0.4, 0.5) is 23.0 Å². The molecule has 5 heterocycles. The highest BCUT2D eigenvalue weighted by molar-refractivity contribution is 5.82. The number of benzene rings is 1. The Balaban J connectivity index is 1.32. The van der Waals surface area contributed by atoms with Crippen LogP contribution in [0, 0.1) is 0 Å². The second kappa shape index (κ2) is 10.6. The van der Waals surface area contributed by atoms with Gasteiger partial charge in [-0.05, 0) is 56.5 Å². The fourth-order valence-electron chi connectivity index (χ4n) is 5.40. The van der Waals surface area contributed by atoms with Crippen LogP contribution in [0.1, 0.15) is 32.7 Å². The SMILES string of the molecule is CC(C)n1ncc2ccc(Nc3cc(N4CCC[C@H](N)C4)c(-c4ccc(N5CCOCC5)cc4)cn3)nc21. The molecule has 38 heavy (non-hydrogen) atoms. The van der Waals surface area contributed by atoms with E-state index in [0.29, 0.717) is 0 Å². The number of hydrogen-bond acceptors (Lipinski definition) is 8. The Morgan fingerprint density at radius 2 is 1.79 bits per heavy atom. The molecule has 0 unspecified atom stereocenters. The molecule has 2 fully saturated rings. The molecule has 9 nitrogen and oxygen atoms in total. The molecule has 3 aromatic heterocycles. The van der Waals surface area contributed by atoms with Gasteiger partial charge in [0, 0.05) is 72.9 Å². The number of fused-ring (bicyclic) bond motifs is 1. The van der Waals surface area contributed by atoms with Crippen LogP contribution in [0.15, 0.2) is 54.9 Å². The maximum absolute atomic E-state index is 6.39. The average Bonchev–Trinajstić information content (AvgIpc) is 3.37. The molecule has 1 aromatic carbocycles. The predicted molar refractivity (Wildman–Crippen MR) is 153 cm³/mol. The minimum absolute atomic E-state index is 0.172. The summed E-state index contributed by atoms with van der Waals surface area (Å²) < 4.78 is 7.45. The van der Waals surface area contributed by atoms with Gasteiger partial charge in [-0.25, -0.2) is 14.6 Å². The second-order valence-electron chi connectivity index (χ2n) is 10.5. The van der Waals surface area contributed by atoms with Gasteiger partial charge in [-0.3, -0.25) is 0 Å². The predicted octanol–water partition coefficient (Wildman–Crippen LogP) is 4.58. The van der Waals surface area contributed by atoms with Gasteiger partial charge in [0.25, 0.3) is 0 Å². The van der Waals surface area contributed by atoms with Crippen molar-refractivity contribution >= 4 is 34.0 Å². The van der Waals surface area contributed by atoms with Crippen molar-refractivity contribution in [3.63, 3.8) is 0 Å². The highest BCUT2D eigenvalue weighted by Gasteiger charge is 2.21. The monoisotopic (exact) mass is 512 g/mol. The Labute approximate surface area is 223 Å². The zero-order valence-electron chi connectivity index (χ0n) is 22.2. The molecule has 2 aliphatic rings. The Bertz CT molecular complexity index is 1390. The van der Waals surface area contributed by atoms with Crippen LogP contribution in [0.5, 0.6) is 0 Å². The van der Waals surface area contributed by atoms with E-state index in [1.807, 2.05) is 29.2 Å². The van der Waals surface area contributed by atoms with E-state index in [9.17, 15) is 0 Å². The molecule has 2 aliphatic heterocycles. The van der Waals surface area contributed by atoms with E-state index in [2.05, 4.69) is 64.4 Å². The largest absolute Gasteiger partial charge is 0.378 e. The molecule has 0 saturated carbocycles. The molecular formula is C29H36N8O. The minimum atomic E-state index is 0.172. The highest BCUT2D eigenvalue weighted by atomic mass is 16.5. The third kappa shape index (κ3) is 5.04.